The van der Waals surface area contributed by atoms with Gasteiger partial charge in [-0.2, -0.15) is 0 Å². The molecule has 0 aromatic carbocycles. The number of nitrogen functional groups attached to an aromatic ring is 1. The van der Waals surface area contributed by atoms with E-state index in [1.165, 1.54) is 18.7 Å². The number of rotatable bonds is 3. The Morgan fingerprint density at radius 3 is 3.00 bits per heavy atom. The Morgan fingerprint density at radius 1 is 1.56 bits per heavy atom. The van der Waals surface area contributed by atoms with Crippen LogP contribution in [0.4, 0.5) is 5.82 Å². The predicted molar refractivity (Wildman–Crippen MR) is 55.5 cm³/mol. The van der Waals surface area contributed by atoms with E-state index in [0.29, 0.717) is 5.69 Å². The normalized spacial score (nSPS) is 10.2. The summed E-state index contributed by atoms with van der Waals surface area (Å²) in [5, 5.41) is 8.67. The highest BCUT2D eigenvalue weighted by Crippen LogP contribution is 2.18. The molecule has 2 rings (SSSR count). The van der Waals surface area contributed by atoms with Crippen LogP contribution in [0.1, 0.15) is 5.69 Å². The second-order valence-electron chi connectivity index (χ2n) is 3.17. The minimum absolute atomic E-state index is 0.134. The average molecular weight is 219 g/mol. The van der Waals surface area contributed by atoms with Gasteiger partial charge in [0, 0.05) is 5.56 Å². The van der Waals surface area contributed by atoms with Gasteiger partial charge < -0.3 is 15.3 Å². The molecule has 0 saturated heterocycles. The molecule has 0 aliphatic carbocycles. The fourth-order valence-corrected chi connectivity index (χ4v) is 1.26. The summed E-state index contributed by atoms with van der Waals surface area (Å²) in [6, 6.07) is 1.71. The van der Waals surface area contributed by atoms with Crippen LogP contribution in [0, 0.1) is 0 Å². The fraction of sp³-hybridized carbons (Fsp3) is 0.100. The Bertz CT molecular complexity index is 508. The zero-order chi connectivity index (χ0) is 11.5. The SMILES string of the molecule is Nc1ncc(-c2ccoc2)nc1CC(=O)O. The molecule has 0 saturated carbocycles. The molecule has 6 nitrogen and oxygen atoms in total. The van der Waals surface area contributed by atoms with Crippen LogP contribution in [0.2, 0.25) is 0 Å². The highest BCUT2D eigenvalue weighted by molar-refractivity contribution is 5.71. The van der Waals surface area contributed by atoms with Gasteiger partial charge >= 0.3 is 5.97 Å². The van der Waals surface area contributed by atoms with Crippen LogP contribution in [0.25, 0.3) is 11.3 Å². The lowest BCUT2D eigenvalue weighted by Gasteiger charge is -2.03. The smallest absolute Gasteiger partial charge is 0.309 e. The van der Waals surface area contributed by atoms with Gasteiger partial charge in [-0.25, -0.2) is 9.97 Å². The lowest BCUT2D eigenvalue weighted by Crippen LogP contribution is -2.08. The first-order valence-corrected chi connectivity index (χ1v) is 4.52. The quantitative estimate of drug-likeness (QED) is 0.796. The van der Waals surface area contributed by atoms with Crippen LogP contribution in [0.3, 0.4) is 0 Å². The number of carboxylic acids is 1. The topological polar surface area (TPSA) is 102 Å². The van der Waals surface area contributed by atoms with Crippen molar-refractivity contribution in [1.29, 1.82) is 0 Å². The molecule has 0 amide bonds. The number of hydrogen-bond donors (Lipinski definition) is 2. The maximum atomic E-state index is 10.6. The maximum absolute atomic E-state index is 10.6. The monoisotopic (exact) mass is 219 g/mol. The standard InChI is InChI=1S/C10H9N3O3/c11-10-7(3-9(14)15)13-8(4-12-10)6-1-2-16-5-6/h1-2,4-5H,3H2,(H2,11,12)(H,14,15). The van der Waals surface area contributed by atoms with Crippen molar-refractivity contribution >= 4 is 11.8 Å². The first-order chi connectivity index (χ1) is 7.66. The van der Waals surface area contributed by atoms with E-state index >= 15 is 0 Å². The van der Waals surface area contributed by atoms with Crippen LogP contribution in [-0.4, -0.2) is 21.0 Å². The van der Waals surface area contributed by atoms with Crippen molar-refractivity contribution in [2.75, 3.05) is 5.73 Å². The molecule has 2 aromatic heterocycles. The molecular formula is C10H9N3O3. The zero-order valence-corrected chi connectivity index (χ0v) is 8.25. The maximum Gasteiger partial charge on any atom is 0.309 e. The summed E-state index contributed by atoms with van der Waals surface area (Å²) in [4.78, 5) is 18.6. The highest BCUT2D eigenvalue weighted by Gasteiger charge is 2.10. The number of anilines is 1. The van der Waals surface area contributed by atoms with E-state index in [1.54, 1.807) is 6.07 Å². The first kappa shape index (κ1) is 10.2. The molecule has 0 radical (unpaired) electrons. The molecule has 0 bridgehead atoms. The highest BCUT2D eigenvalue weighted by atomic mass is 16.4. The molecule has 0 unspecified atom stereocenters. The van der Waals surface area contributed by atoms with Crippen LogP contribution in [0.15, 0.2) is 29.2 Å². The van der Waals surface area contributed by atoms with Gasteiger partial charge in [-0.05, 0) is 6.07 Å². The van der Waals surface area contributed by atoms with E-state index in [9.17, 15) is 4.79 Å². The van der Waals surface area contributed by atoms with Gasteiger partial charge in [0.1, 0.15) is 5.82 Å². The van der Waals surface area contributed by atoms with Gasteiger partial charge in [-0.1, -0.05) is 0 Å². The van der Waals surface area contributed by atoms with Crippen molar-refractivity contribution < 1.29 is 14.3 Å². The van der Waals surface area contributed by atoms with Crippen LogP contribution in [-0.2, 0) is 11.2 Å². The van der Waals surface area contributed by atoms with E-state index in [4.69, 9.17) is 15.3 Å². The average Bonchev–Trinajstić information content (AvgIpc) is 2.73. The van der Waals surface area contributed by atoms with E-state index in [-0.39, 0.29) is 17.9 Å². The van der Waals surface area contributed by atoms with Gasteiger partial charge in [0.2, 0.25) is 0 Å². The number of carboxylic acid groups (broad SMARTS) is 1. The number of carbonyl (C=O) groups is 1. The van der Waals surface area contributed by atoms with Gasteiger partial charge in [0.25, 0.3) is 0 Å². The summed E-state index contributed by atoms with van der Waals surface area (Å²) in [6.45, 7) is 0. The molecule has 6 heteroatoms. The number of hydrogen-bond acceptors (Lipinski definition) is 5. The largest absolute Gasteiger partial charge is 0.481 e. The molecule has 0 aliphatic heterocycles. The second-order valence-corrected chi connectivity index (χ2v) is 3.17. The number of nitrogens with zero attached hydrogens (tertiary/aromatic N) is 2. The molecule has 82 valence electrons. The van der Waals surface area contributed by atoms with Crippen molar-refractivity contribution in [3.63, 3.8) is 0 Å². The molecule has 2 aromatic rings. The lowest BCUT2D eigenvalue weighted by atomic mass is 10.2. The number of aromatic nitrogens is 2. The minimum atomic E-state index is -0.995. The molecule has 3 N–H and O–H groups in total. The van der Waals surface area contributed by atoms with Crippen LogP contribution < -0.4 is 5.73 Å². The van der Waals surface area contributed by atoms with Gasteiger partial charge in [0.05, 0.1) is 36.5 Å². The van der Waals surface area contributed by atoms with Crippen LogP contribution in [0.5, 0.6) is 0 Å². The Kier molecular flexibility index (Phi) is 2.55. The predicted octanol–water partition coefficient (Wildman–Crippen LogP) is 0.946. The Balaban J connectivity index is 2.39. The van der Waals surface area contributed by atoms with E-state index in [0.717, 1.165) is 5.56 Å². The van der Waals surface area contributed by atoms with Crippen LogP contribution >= 0.6 is 0 Å². The minimum Gasteiger partial charge on any atom is -0.481 e. The van der Waals surface area contributed by atoms with Crippen molar-refractivity contribution in [2.45, 2.75) is 6.42 Å². The molecule has 16 heavy (non-hydrogen) atoms. The molecular weight excluding hydrogens is 210 g/mol. The molecule has 2 heterocycles. The van der Waals surface area contributed by atoms with E-state index < -0.39 is 5.97 Å². The lowest BCUT2D eigenvalue weighted by molar-refractivity contribution is -0.136. The summed E-state index contributed by atoms with van der Waals surface area (Å²) in [6.07, 6.45) is 4.24. The van der Waals surface area contributed by atoms with E-state index in [2.05, 4.69) is 9.97 Å². The van der Waals surface area contributed by atoms with Gasteiger partial charge in [0.15, 0.2) is 0 Å². The summed E-state index contributed by atoms with van der Waals surface area (Å²) in [5.41, 5.74) is 7.06. The van der Waals surface area contributed by atoms with Gasteiger partial charge in [-0.3, -0.25) is 4.79 Å². The third-order valence-corrected chi connectivity index (χ3v) is 2.01. The molecule has 0 fully saturated rings. The summed E-state index contributed by atoms with van der Waals surface area (Å²) < 4.78 is 4.90. The number of nitrogens with two attached hydrogens (primary N) is 1. The summed E-state index contributed by atoms with van der Waals surface area (Å²) in [7, 11) is 0. The van der Waals surface area contributed by atoms with Gasteiger partial charge in [-0.15, -0.1) is 0 Å². The van der Waals surface area contributed by atoms with Crippen molar-refractivity contribution in [1.82, 2.24) is 9.97 Å². The molecule has 0 spiro atoms. The second kappa shape index (κ2) is 4.01. The summed E-state index contributed by atoms with van der Waals surface area (Å²) >= 11 is 0. The number of furan rings is 1. The Labute approximate surface area is 90.7 Å². The first-order valence-electron chi connectivity index (χ1n) is 4.52. The van der Waals surface area contributed by atoms with Crippen molar-refractivity contribution in [2.24, 2.45) is 0 Å². The molecule has 0 aliphatic rings. The molecule has 0 atom stereocenters. The van der Waals surface area contributed by atoms with Crippen molar-refractivity contribution in [3.05, 3.63) is 30.5 Å². The number of aliphatic carboxylic acids is 1. The fourth-order valence-electron chi connectivity index (χ4n) is 1.26. The third kappa shape index (κ3) is 2.00. The Hall–Kier alpha value is -2.37. The Morgan fingerprint density at radius 2 is 2.38 bits per heavy atom. The van der Waals surface area contributed by atoms with E-state index in [1.807, 2.05) is 0 Å². The third-order valence-electron chi connectivity index (χ3n) is 2.01. The summed E-state index contributed by atoms with van der Waals surface area (Å²) in [5.74, 6) is -0.861. The zero-order valence-electron chi connectivity index (χ0n) is 8.25. The van der Waals surface area contributed by atoms with Crippen molar-refractivity contribution in [3.8, 4) is 11.3 Å².